The topological polar surface area (TPSA) is 63.2 Å². The van der Waals surface area contributed by atoms with Crippen LogP contribution < -0.4 is 4.72 Å². The molecule has 0 heterocycles. The van der Waals surface area contributed by atoms with Gasteiger partial charge in [-0.15, -0.1) is 0 Å². The summed E-state index contributed by atoms with van der Waals surface area (Å²) in [6, 6.07) is 6.66. The molecule has 1 amide bonds. The number of nitrogens with one attached hydrogen (secondary N) is 1. The Morgan fingerprint density at radius 3 is 2.40 bits per heavy atom. The van der Waals surface area contributed by atoms with Crippen molar-refractivity contribution in [2.45, 2.75) is 38.0 Å². The predicted octanol–water partition coefficient (Wildman–Crippen LogP) is 2.59. The maximum absolute atomic E-state index is 12.0. The molecule has 1 N–H and O–H groups in total. The molecule has 0 bridgehead atoms. The van der Waals surface area contributed by atoms with Crippen molar-refractivity contribution in [2.24, 2.45) is 0 Å². The molecule has 0 aromatic heterocycles. The lowest BCUT2D eigenvalue weighted by molar-refractivity contribution is -0.118. The van der Waals surface area contributed by atoms with Crippen molar-refractivity contribution in [1.29, 1.82) is 0 Å². The second-order valence-electron chi connectivity index (χ2n) is 4.37. The average Bonchev–Trinajstić information content (AvgIpc) is 2.39. The third-order valence-electron chi connectivity index (χ3n) is 2.70. The van der Waals surface area contributed by atoms with E-state index < -0.39 is 15.9 Å². The molecule has 0 fully saturated rings. The SMILES string of the molecule is CCCc1ccc(S(=O)(=O)NC(=O)CCSCC)cc1. The second kappa shape index (κ2) is 8.32. The van der Waals surface area contributed by atoms with Gasteiger partial charge in [0.2, 0.25) is 5.91 Å². The molecule has 0 saturated carbocycles. The molecule has 0 atom stereocenters. The summed E-state index contributed by atoms with van der Waals surface area (Å²) in [4.78, 5) is 11.7. The van der Waals surface area contributed by atoms with E-state index in [4.69, 9.17) is 0 Å². The Morgan fingerprint density at radius 2 is 1.85 bits per heavy atom. The van der Waals surface area contributed by atoms with Crippen LogP contribution in [0.25, 0.3) is 0 Å². The summed E-state index contributed by atoms with van der Waals surface area (Å²) in [5, 5.41) is 0. The van der Waals surface area contributed by atoms with Crippen LogP contribution in [0.5, 0.6) is 0 Å². The summed E-state index contributed by atoms with van der Waals surface area (Å²) in [6.07, 6.45) is 2.14. The van der Waals surface area contributed by atoms with Gasteiger partial charge in [-0.05, 0) is 29.9 Å². The van der Waals surface area contributed by atoms with Crippen molar-refractivity contribution < 1.29 is 13.2 Å². The molecular formula is C14H21NO3S2. The average molecular weight is 315 g/mol. The van der Waals surface area contributed by atoms with Gasteiger partial charge in [-0.1, -0.05) is 32.4 Å². The van der Waals surface area contributed by atoms with Crippen LogP contribution in [-0.4, -0.2) is 25.8 Å². The van der Waals surface area contributed by atoms with Crippen LogP contribution in [0, 0.1) is 0 Å². The Bertz CT molecular complexity index is 524. The second-order valence-corrected chi connectivity index (χ2v) is 7.45. The molecule has 20 heavy (non-hydrogen) atoms. The molecule has 0 aliphatic rings. The molecule has 0 radical (unpaired) electrons. The van der Waals surface area contributed by atoms with Crippen molar-refractivity contribution in [3.63, 3.8) is 0 Å². The predicted molar refractivity (Wildman–Crippen MR) is 83.4 cm³/mol. The smallest absolute Gasteiger partial charge is 0.264 e. The van der Waals surface area contributed by atoms with Gasteiger partial charge in [-0.25, -0.2) is 13.1 Å². The maximum atomic E-state index is 12.0. The number of rotatable bonds is 8. The number of amides is 1. The molecule has 1 aromatic rings. The molecule has 1 aromatic carbocycles. The standard InChI is InChI=1S/C14H21NO3S2/c1-3-5-12-6-8-13(9-7-12)20(17,18)15-14(16)10-11-19-4-2/h6-9H,3-5,10-11H2,1-2H3,(H,15,16). The van der Waals surface area contributed by atoms with Crippen molar-refractivity contribution in [2.75, 3.05) is 11.5 Å². The minimum Gasteiger partial charge on any atom is -0.274 e. The van der Waals surface area contributed by atoms with Crippen LogP contribution in [-0.2, 0) is 21.2 Å². The minimum atomic E-state index is -3.74. The summed E-state index contributed by atoms with van der Waals surface area (Å²) in [7, 11) is -3.74. The van der Waals surface area contributed by atoms with E-state index in [1.807, 2.05) is 6.92 Å². The van der Waals surface area contributed by atoms with Crippen LogP contribution in [0.3, 0.4) is 0 Å². The number of carbonyl (C=O) groups excluding carboxylic acids is 1. The van der Waals surface area contributed by atoms with E-state index in [1.165, 1.54) is 0 Å². The van der Waals surface area contributed by atoms with Gasteiger partial charge >= 0.3 is 0 Å². The first-order valence-corrected chi connectivity index (χ1v) is 9.35. The zero-order valence-corrected chi connectivity index (χ0v) is 13.5. The van der Waals surface area contributed by atoms with Gasteiger partial charge in [0.25, 0.3) is 10.0 Å². The Hall–Kier alpha value is -1.01. The quantitative estimate of drug-likeness (QED) is 0.749. The molecule has 0 aliphatic heterocycles. The third-order valence-corrected chi connectivity index (χ3v) is 4.99. The Labute approximate surface area is 125 Å². The molecule has 112 valence electrons. The van der Waals surface area contributed by atoms with E-state index in [0.717, 1.165) is 24.2 Å². The highest BCUT2D eigenvalue weighted by Gasteiger charge is 2.16. The Morgan fingerprint density at radius 1 is 1.20 bits per heavy atom. The zero-order chi connectivity index (χ0) is 15.0. The summed E-state index contributed by atoms with van der Waals surface area (Å²) in [6.45, 7) is 4.07. The fourth-order valence-electron chi connectivity index (χ4n) is 1.69. The van der Waals surface area contributed by atoms with E-state index in [1.54, 1.807) is 36.0 Å². The van der Waals surface area contributed by atoms with Gasteiger partial charge in [-0.2, -0.15) is 11.8 Å². The molecule has 1 rings (SSSR count). The third kappa shape index (κ3) is 5.54. The Balaban J connectivity index is 2.66. The molecule has 0 aliphatic carbocycles. The van der Waals surface area contributed by atoms with E-state index >= 15 is 0 Å². The largest absolute Gasteiger partial charge is 0.274 e. The van der Waals surface area contributed by atoms with Gasteiger partial charge < -0.3 is 0 Å². The van der Waals surface area contributed by atoms with Crippen LogP contribution in [0.2, 0.25) is 0 Å². The number of hydrogen-bond donors (Lipinski definition) is 1. The summed E-state index contributed by atoms with van der Waals surface area (Å²) in [5.41, 5.74) is 1.09. The van der Waals surface area contributed by atoms with E-state index in [0.29, 0.717) is 5.75 Å². The molecule has 4 nitrogen and oxygen atoms in total. The summed E-state index contributed by atoms with van der Waals surface area (Å²) >= 11 is 1.61. The van der Waals surface area contributed by atoms with E-state index in [-0.39, 0.29) is 11.3 Å². The number of sulfonamides is 1. The van der Waals surface area contributed by atoms with Gasteiger partial charge in [0.05, 0.1) is 4.90 Å². The van der Waals surface area contributed by atoms with Crippen molar-refractivity contribution in [1.82, 2.24) is 4.72 Å². The number of carbonyl (C=O) groups is 1. The molecule has 0 unspecified atom stereocenters. The Kier molecular flexibility index (Phi) is 7.09. The highest BCUT2D eigenvalue weighted by molar-refractivity contribution is 7.99. The fraction of sp³-hybridized carbons (Fsp3) is 0.500. The van der Waals surface area contributed by atoms with Crippen molar-refractivity contribution >= 4 is 27.7 Å². The number of thioether (sulfide) groups is 1. The van der Waals surface area contributed by atoms with E-state index in [2.05, 4.69) is 11.6 Å². The molecule has 6 heteroatoms. The lowest BCUT2D eigenvalue weighted by Gasteiger charge is -2.07. The van der Waals surface area contributed by atoms with E-state index in [9.17, 15) is 13.2 Å². The van der Waals surface area contributed by atoms with Gasteiger partial charge in [0.1, 0.15) is 0 Å². The van der Waals surface area contributed by atoms with Crippen LogP contribution in [0.15, 0.2) is 29.2 Å². The maximum Gasteiger partial charge on any atom is 0.264 e. The zero-order valence-electron chi connectivity index (χ0n) is 11.9. The number of benzene rings is 1. The first kappa shape index (κ1) is 17.0. The normalized spacial score (nSPS) is 11.3. The van der Waals surface area contributed by atoms with Gasteiger partial charge in [-0.3, -0.25) is 4.79 Å². The van der Waals surface area contributed by atoms with Crippen molar-refractivity contribution in [3.8, 4) is 0 Å². The number of hydrogen-bond acceptors (Lipinski definition) is 4. The molecular weight excluding hydrogens is 294 g/mol. The molecule has 0 spiro atoms. The van der Waals surface area contributed by atoms with Gasteiger partial charge in [0.15, 0.2) is 0 Å². The molecule has 0 saturated heterocycles. The summed E-state index contributed by atoms with van der Waals surface area (Å²) < 4.78 is 26.1. The summed E-state index contributed by atoms with van der Waals surface area (Å²) in [5.74, 6) is 1.09. The van der Waals surface area contributed by atoms with Crippen LogP contribution in [0.4, 0.5) is 0 Å². The lowest BCUT2D eigenvalue weighted by atomic mass is 10.1. The number of aryl methyl sites for hydroxylation is 1. The van der Waals surface area contributed by atoms with Gasteiger partial charge in [0, 0.05) is 12.2 Å². The lowest BCUT2D eigenvalue weighted by Crippen LogP contribution is -2.30. The fourth-order valence-corrected chi connectivity index (χ4v) is 3.33. The van der Waals surface area contributed by atoms with Crippen LogP contribution in [0.1, 0.15) is 32.3 Å². The monoisotopic (exact) mass is 315 g/mol. The first-order valence-electron chi connectivity index (χ1n) is 6.72. The minimum absolute atomic E-state index is 0.133. The van der Waals surface area contributed by atoms with Crippen molar-refractivity contribution in [3.05, 3.63) is 29.8 Å². The highest BCUT2D eigenvalue weighted by Crippen LogP contribution is 2.12. The highest BCUT2D eigenvalue weighted by atomic mass is 32.2. The van der Waals surface area contributed by atoms with Crippen LogP contribution >= 0.6 is 11.8 Å². The first-order chi connectivity index (χ1) is 9.49.